The Morgan fingerprint density at radius 2 is 1.81 bits per heavy atom. The number of rotatable bonds is 2. The molecule has 0 aliphatic heterocycles. The number of hydrogen-bond donors (Lipinski definition) is 1. The molecule has 0 atom stereocenters. The molecule has 0 radical (unpaired) electrons. The Labute approximate surface area is 158 Å². The number of nitrogens with zero attached hydrogens (tertiary/aromatic N) is 3. The average Bonchev–Trinajstić information content (AvgIpc) is 2.93. The largest absolute Gasteiger partial charge is 0.357 e. The highest BCUT2D eigenvalue weighted by Gasteiger charge is 2.20. The van der Waals surface area contributed by atoms with Crippen molar-refractivity contribution in [2.75, 3.05) is 0 Å². The minimum atomic E-state index is -0.114. The van der Waals surface area contributed by atoms with E-state index < -0.39 is 0 Å². The normalized spacial score (nSPS) is 11.8. The van der Waals surface area contributed by atoms with Gasteiger partial charge in [0, 0.05) is 28.0 Å². The zero-order valence-corrected chi connectivity index (χ0v) is 16.7. The molecule has 6 heteroatoms. The van der Waals surface area contributed by atoms with Crippen LogP contribution in [0.15, 0.2) is 29.3 Å². The lowest BCUT2D eigenvalue weighted by molar-refractivity contribution is 0.590. The SMILES string of the molecule is Cc1ncn(-c2c(C)[nH]c(-c3cc(Cl)c(C(C)(C)C)cc3C)cc2=O)n1. The third-order valence-electron chi connectivity index (χ3n) is 4.43. The molecule has 136 valence electrons. The van der Waals surface area contributed by atoms with E-state index in [1.165, 1.54) is 4.68 Å². The molecule has 0 aliphatic rings. The monoisotopic (exact) mass is 370 g/mol. The Balaban J connectivity index is 2.15. The summed E-state index contributed by atoms with van der Waals surface area (Å²) >= 11 is 6.53. The molecule has 0 fully saturated rings. The summed E-state index contributed by atoms with van der Waals surface area (Å²) in [6.45, 7) is 12.1. The number of H-pyrrole nitrogens is 1. The van der Waals surface area contributed by atoms with E-state index >= 15 is 0 Å². The van der Waals surface area contributed by atoms with Gasteiger partial charge >= 0.3 is 0 Å². The van der Waals surface area contributed by atoms with Crippen LogP contribution in [0.1, 0.15) is 43.4 Å². The van der Waals surface area contributed by atoms with E-state index in [1.807, 2.05) is 19.9 Å². The average molecular weight is 371 g/mol. The Hall–Kier alpha value is -2.40. The minimum Gasteiger partial charge on any atom is -0.357 e. The van der Waals surface area contributed by atoms with Crippen molar-refractivity contribution in [2.45, 2.75) is 47.0 Å². The number of aromatic amines is 1. The fourth-order valence-corrected chi connectivity index (χ4v) is 3.56. The summed E-state index contributed by atoms with van der Waals surface area (Å²) in [6.07, 6.45) is 1.55. The molecule has 3 rings (SSSR count). The molecule has 0 saturated heterocycles. The first-order valence-corrected chi connectivity index (χ1v) is 8.89. The standard InChI is InChI=1S/C20H23ClN4O/c1-11-7-15(20(4,5)6)16(21)8-14(11)17-9-18(26)19(12(2)23-17)25-10-22-13(3)24-25/h7-10H,1-6H3,(H,23,26). The van der Waals surface area contributed by atoms with Crippen LogP contribution in [0, 0.1) is 20.8 Å². The van der Waals surface area contributed by atoms with Gasteiger partial charge in [0.1, 0.15) is 17.8 Å². The van der Waals surface area contributed by atoms with Crippen LogP contribution < -0.4 is 5.43 Å². The number of pyridine rings is 1. The molecular weight excluding hydrogens is 348 g/mol. The molecule has 2 aromatic heterocycles. The van der Waals surface area contributed by atoms with Gasteiger partial charge in [-0.1, -0.05) is 38.4 Å². The van der Waals surface area contributed by atoms with Crippen molar-refractivity contribution in [3.63, 3.8) is 0 Å². The number of nitrogens with one attached hydrogen (secondary N) is 1. The molecule has 0 unspecified atom stereocenters. The molecule has 1 N–H and O–H groups in total. The second-order valence-corrected chi connectivity index (χ2v) is 8.06. The van der Waals surface area contributed by atoms with Gasteiger partial charge in [0.25, 0.3) is 0 Å². The Kier molecular flexibility index (Phi) is 4.53. The molecule has 3 aromatic rings. The highest BCUT2D eigenvalue weighted by molar-refractivity contribution is 6.31. The molecular formula is C20H23ClN4O. The van der Waals surface area contributed by atoms with E-state index in [-0.39, 0.29) is 10.8 Å². The molecule has 0 bridgehead atoms. The van der Waals surface area contributed by atoms with Gasteiger partial charge in [0.05, 0.1) is 0 Å². The lowest BCUT2D eigenvalue weighted by atomic mass is 9.85. The van der Waals surface area contributed by atoms with Crippen LogP contribution in [0.3, 0.4) is 0 Å². The predicted molar refractivity (Wildman–Crippen MR) is 105 cm³/mol. The second-order valence-electron chi connectivity index (χ2n) is 7.65. The third-order valence-corrected chi connectivity index (χ3v) is 4.75. The Bertz CT molecular complexity index is 1040. The van der Waals surface area contributed by atoms with Crippen LogP contribution in [0.4, 0.5) is 0 Å². The number of benzene rings is 1. The van der Waals surface area contributed by atoms with Crippen LogP contribution in [0.2, 0.25) is 5.02 Å². The highest BCUT2D eigenvalue weighted by Crippen LogP contribution is 2.34. The first-order chi connectivity index (χ1) is 12.1. The van der Waals surface area contributed by atoms with Crippen LogP contribution in [0.5, 0.6) is 0 Å². The maximum absolute atomic E-state index is 12.7. The quantitative estimate of drug-likeness (QED) is 0.722. The number of aromatic nitrogens is 4. The summed E-state index contributed by atoms with van der Waals surface area (Å²) in [7, 11) is 0. The van der Waals surface area contributed by atoms with Crippen molar-refractivity contribution in [2.24, 2.45) is 0 Å². The number of halogens is 1. The maximum atomic E-state index is 12.7. The van der Waals surface area contributed by atoms with Crippen LogP contribution in [-0.4, -0.2) is 19.7 Å². The van der Waals surface area contributed by atoms with Crippen molar-refractivity contribution in [1.82, 2.24) is 19.7 Å². The fraction of sp³-hybridized carbons (Fsp3) is 0.350. The number of hydrogen-bond acceptors (Lipinski definition) is 3. The van der Waals surface area contributed by atoms with Crippen LogP contribution in [0.25, 0.3) is 16.9 Å². The van der Waals surface area contributed by atoms with Gasteiger partial charge in [0.2, 0.25) is 5.43 Å². The van der Waals surface area contributed by atoms with E-state index in [2.05, 4.69) is 41.9 Å². The van der Waals surface area contributed by atoms with Gasteiger partial charge in [-0.25, -0.2) is 9.67 Å². The highest BCUT2D eigenvalue weighted by atomic mass is 35.5. The summed E-state index contributed by atoms with van der Waals surface area (Å²) in [4.78, 5) is 20.1. The van der Waals surface area contributed by atoms with Crippen molar-refractivity contribution in [3.8, 4) is 16.9 Å². The van der Waals surface area contributed by atoms with Crippen molar-refractivity contribution in [3.05, 3.63) is 62.4 Å². The van der Waals surface area contributed by atoms with Gasteiger partial charge in [0.15, 0.2) is 0 Å². The Morgan fingerprint density at radius 1 is 1.12 bits per heavy atom. The zero-order valence-electron chi connectivity index (χ0n) is 15.9. The van der Waals surface area contributed by atoms with E-state index in [4.69, 9.17) is 11.6 Å². The summed E-state index contributed by atoms with van der Waals surface area (Å²) < 4.78 is 1.51. The molecule has 2 heterocycles. The molecule has 1 aromatic carbocycles. The van der Waals surface area contributed by atoms with Crippen molar-refractivity contribution >= 4 is 11.6 Å². The van der Waals surface area contributed by atoms with Gasteiger partial charge < -0.3 is 4.98 Å². The summed E-state index contributed by atoms with van der Waals surface area (Å²) in [5.74, 6) is 0.619. The maximum Gasteiger partial charge on any atom is 0.208 e. The summed E-state index contributed by atoms with van der Waals surface area (Å²) in [5, 5.41) is 4.94. The first-order valence-electron chi connectivity index (χ1n) is 8.51. The van der Waals surface area contributed by atoms with Gasteiger partial charge in [-0.2, -0.15) is 5.10 Å². The number of aryl methyl sites for hydroxylation is 3. The lowest BCUT2D eigenvalue weighted by Gasteiger charge is -2.22. The Morgan fingerprint density at radius 3 is 2.35 bits per heavy atom. The molecule has 0 aliphatic carbocycles. The molecule has 0 amide bonds. The van der Waals surface area contributed by atoms with Crippen LogP contribution in [-0.2, 0) is 5.41 Å². The van der Waals surface area contributed by atoms with Crippen LogP contribution >= 0.6 is 11.6 Å². The topological polar surface area (TPSA) is 63.6 Å². The minimum absolute atomic E-state index is 0.0431. The second kappa shape index (κ2) is 6.40. The van der Waals surface area contributed by atoms with E-state index in [9.17, 15) is 4.79 Å². The van der Waals surface area contributed by atoms with Gasteiger partial charge in [-0.05, 0) is 43.4 Å². The van der Waals surface area contributed by atoms with Gasteiger partial charge in [-0.15, -0.1) is 0 Å². The molecule has 0 spiro atoms. The third kappa shape index (κ3) is 3.31. The smallest absolute Gasteiger partial charge is 0.208 e. The lowest BCUT2D eigenvalue weighted by Crippen LogP contribution is -2.16. The van der Waals surface area contributed by atoms with E-state index in [0.29, 0.717) is 16.5 Å². The molecule has 26 heavy (non-hydrogen) atoms. The van der Waals surface area contributed by atoms with Crippen molar-refractivity contribution in [1.29, 1.82) is 0 Å². The van der Waals surface area contributed by atoms with Gasteiger partial charge in [-0.3, -0.25) is 4.79 Å². The van der Waals surface area contributed by atoms with E-state index in [0.717, 1.165) is 28.1 Å². The summed E-state index contributed by atoms with van der Waals surface area (Å²) in [6, 6.07) is 5.62. The first kappa shape index (κ1) is 18.4. The molecule has 0 saturated carbocycles. The molecule has 5 nitrogen and oxygen atoms in total. The predicted octanol–water partition coefficient (Wildman–Crippen LogP) is 4.50. The summed E-state index contributed by atoms with van der Waals surface area (Å²) in [5.41, 5.74) is 4.87. The zero-order chi connectivity index (χ0) is 19.2. The fourth-order valence-electron chi connectivity index (χ4n) is 3.11. The van der Waals surface area contributed by atoms with E-state index in [1.54, 1.807) is 19.3 Å². The van der Waals surface area contributed by atoms with Crippen molar-refractivity contribution < 1.29 is 0 Å².